The maximum absolute atomic E-state index is 11.5. The second-order valence-corrected chi connectivity index (χ2v) is 5.43. The highest BCUT2D eigenvalue weighted by Crippen LogP contribution is 2.39. The average molecular weight is 293 g/mol. The van der Waals surface area contributed by atoms with E-state index in [-0.39, 0.29) is 22.7 Å². The van der Waals surface area contributed by atoms with Gasteiger partial charge in [-0.15, -0.1) is 0 Å². The Morgan fingerprint density at radius 3 is 2.90 bits per heavy atom. The lowest BCUT2D eigenvalue weighted by molar-refractivity contribution is -0.385. The van der Waals surface area contributed by atoms with Gasteiger partial charge in [0.05, 0.1) is 11.5 Å². The minimum Gasteiger partial charge on any atom is -0.487 e. The van der Waals surface area contributed by atoms with Gasteiger partial charge in [-0.1, -0.05) is 6.07 Å². The number of para-hydroxylation sites is 1. The van der Waals surface area contributed by atoms with Gasteiger partial charge in [-0.2, -0.15) is 0 Å². The lowest BCUT2D eigenvalue weighted by atomic mass is 9.96. The maximum atomic E-state index is 11.5. The molecule has 6 heteroatoms. The van der Waals surface area contributed by atoms with Gasteiger partial charge in [0.15, 0.2) is 5.75 Å². The van der Waals surface area contributed by atoms with Crippen molar-refractivity contribution in [3.63, 3.8) is 0 Å². The Morgan fingerprint density at radius 1 is 1.52 bits per heavy atom. The molecule has 1 aromatic carbocycles. The van der Waals surface area contributed by atoms with Crippen molar-refractivity contribution in [1.82, 2.24) is 0 Å². The molecule has 21 heavy (non-hydrogen) atoms. The monoisotopic (exact) mass is 293 g/mol. The van der Waals surface area contributed by atoms with Gasteiger partial charge in [0.1, 0.15) is 5.69 Å². The van der Waals surface area contributed by atoms with Crippen LogP contribution in [0.2, 0.25) is 0 Å². The van der Waals surface area contributed by atoms with Crippen LogP contribution in [0.5, 0.6) is 5.75 Å². The van der Waals surface area contributed by atoms with Crippen LogP contribution in [-0.2, 0) is 0 Å². The Bertz CT molecular complexity index is 505. The normalized spacial score (nSPS) is 20.1. The Hall–Kier alpha value is -1.82. The van der Waals surface area contributed by atoms with Crippen LogP contribution >= 0.6 is 0 Å². The van der Waals surface area contributed by atoms with Gasteiger partial charge >= 0.3 is 5.69 Å². The quantitative estimate of drug-likeness (QED) is 0.666. The maximum Gasteiger partial charge on any atom is 0.333 e. The van der Waals surface area contributed by atoms with Gasteiger partial charge in [0.2, 0.25) is 0 Å². The Labute approximate surface area is 125 Å². The molecule has 0 aliphatic carbocycles. The average Bonchev–Trinajstić information content (AvgIpc) is 2.47. The number of hydrogen-bond donors (Lipinski definition) is 1. The number of hydrogen-bond acceptors (Lipinski definition) is 5. The minimum absolute atomic E-state index is 0.0272. The Balaban J connectivity index is 2.46. The number of benzene rings is 1. The van der Waals surface area contributed by atoms with E-state index < -0.39 is 0 Å². The summed E-state index contributed by atoms with van der Waals surface area (Å²) in [5, 5.41) is 11.5. The zero-order valence-corrected chi connectivity index (χ0v) is 12.6. The number of piperidine rings is 1. The van der Waals surface area contributed by atoms with Gasteiger partial charge in [0, 0.05) is 18.6 Å². The lowest BCUT2D eigenvalue weighted by Gasteiger charge is -2.39. The molecule has 0 spiro atoms. The van der Waals surface area contributed by atoms with Crippen molar-refractivity contribution in [2.24, 2.45) is 5.73 Å². The molecule has 1 saturated heterocycles. The first-order chi connectivity index (χ1) is 10.1. The molecule has 6 nitrogen and oxygen atoms in total. The van der Waals surface area contributed by atoms with Crippen molar-refractivity contribution < 1.29 is 9.66 Å². The van der Waals surface area contributed by atoms with Crippen molar-refractivity contribution in [2.45, 2.75) is 45.2 Å². The number of nitrogens with zero attached hydrogens (tertiary/aromatic N) is 2. The molecule has 2 unspecified atom stereocenters. The van der Waals surface area contributed by atoms with E-state index in [0.29, 0.717) is 18.0 Å². The standard InChI is InChI=1S/C15H23N3O3/c1-3-21-14-9-6-8-13(15(14)18(19)20)17-10-5-4-7-12(17)11(2)16/h6,8-9,11-12H,3-5,7,10,16H2,1-2H3. The third-order valence-electron chi connectivity index (χ3n) is 3.93. The number of nitrogens with two attached hydrogens (primary N) is 1. The van der Waals surface area contributed by atoms with Crippen molar-refractivity contribution in [3.8, 4) is 5.75 Å². The fourth-order valence-corrected chi connectivity index (χ4v) is 3.00. The molecular weight excluding hydrogens is 270 g/mol. The van der Waals surface area contributed by atoms with Crippen molar-refractivity contribution >= 4 is 11.4 Å². The van der Waals surface area contributed by atoms with Gasteiger partial charge in [-0.05, 0) is 45.2 Å². The molecule has 0 radical (unpaired) electrons. The summed E-state index contributed by atoms with van der Waals surface area (Å²) in [5.74, 6) is 0.328. The summed E-state index contributed by atoms with van der Waals surface area (Å²) in [7, 11) is 0. The van der Waals surface area contributed by atoms with Crippen molar-refractivity contribution in [2.75, 3.05) is 18.1 Å². The summed E-state index contributed by atoms with van der Waals surface area (Å²) in [6.45, 7) is 4.98. The van der Waals surface area contributed by atoms with E-state index in [0.717, 1.165) is 25.8 Å². The summed E-state index contributed by atoms with van der Waals surface area (Å²) in [6.07, 6.45) is 3.11. The van der Waals surface area contributed by atoms with Crippen LogP contribution in [0.15, 0.2) is 18.2 Å². The number of nitro groups is 1. The molecule has 0 bridgehead atoms. The molecule has 116 valence electrons. The predicted octanol–water partition coefficient (Wildman–Crippen LogP) is 2.70. The summed E-state index contributed by atoms with van der Waals surface area (Å²) >= 11 is 0. The van der Waals surface area contributed by atoms with E-state index >= 15 is 0 Å². The lowest BCUT2D eigenvalue weighted by Crippen LogP contribution is -2.49. The third-order valence-corrected chi connectivity index (χ3v) is 3.93. The molecule has 1 aromatic rings. The summed E-state index contributed by atoms with van der Waals surface area (Å²) in [5.41, 5.74) is 6.74. The molecule has 1 aliphatic rings. The highest BCUT2D eigenvalue weighted by atomic mass is 16.6. The van der Waals surface area contributed by atoms with Crippen molar-refractivity contribution in [1.29, 1.82) is 0 Å². The summed E-state index contributed by atoms with van der Waals surface area (Å²) in [4.78, 5) is 13.2. The largest absolute Gasteiger partial charge is 0.487 e. The number of nitro benzene ring substituents is 1. The third kappa shape index (κ3) is 3.26. The van der Waals surface area contributed by atoms with E-state index in [2.05, 4.69) is 4.90 Å². The number of ether oxygens (including phenoxy) is 1. The SMILES string of the molecule is CCOc1cccc(N2CCCCC2C(C)N)c1[N+](=O)[O-]. The van der Waals surface area contributed by atoms with Crippen LogP contribution in [0.3, 0.4) is 0 Å². The first-order valence-electron chi connectivity index (χ1n) is 7.48. The van der Waals surface area contributed by atoms with E-state index in [9.17, 15) is 10.1 Å². The molecule has 1 heterocycles. The first kappa shape index (κ1) is 15.6. The van der Waals surface area contributed by atoms with Crippen LogP contribution in [0.1, 0.15) is 33.1 Å². The predicted molar refractivity (Wildman–Crippen MR) is 82.9 cm³/mol. The minimum atomic E-state index is -0.354. The van der Waals surface area contributed by atoms with Gasteiger partial charge in [0.25, 0.3) is 0 Å². The molecule has 2 rings (SSSR count). The van der Waals surface area contributed by atoms with E-state index in [1.54, 1.807) is 18.2 Å². The Morgan fingerprint density at radius 2 is 2.29 bits per heavy atom. The molecule has 2 N–H and O–H groups in total. The van der Waals surface area contributed by atoms with E-state index in [4.69, 9.17) is 10.5 Å². The highest BCUT2D eigenvalue weighted by molar-refractivity contribution is 5.70. The Kier molecular flexibility index (Phi) is 5.01. The van der Waals surface area contributed by atoms with Crippen molar-refractivity contribution in [3.05, 3.63) is 28.3 Å². The van der Waals surface area contributed by atoms with Crippen LogP contribution in [0.25, 0.3) is 0 Å². The highest BCUT2D eigenvalue weighted by Gasteiger charge is 2.32. The fraction of sp³-hybridized carbons (Fsp3) is 0.600. The first-order valence-corrected chi connectivity index (χ1v) is 7.48. The second-order valence-electron chi connectivity index (χ2n) is 5.43. The zero-order chi connectivity index (χ0) is 15.4. The van der Waals surface area contributed by atoms with E-state index in [1.807, 2.05) is 13.8 Å². The number of anilines is 1. The molecule has 2 atom stereocenters. The molecule has 1 fully saturated rings. The molecule has 0 amide bonds. The molecule has 1 aliphatic heterocycles. The molecule has 0 saturated carbocycles. The summed E-state index contributed by atoms with van der Waals surface area (Å²) in [6, 6.07) is 5.35. The molecule has 0 aromatic heterocycles. The van der Waals surface area contributed by atoms with Crippen LogP contribution in [-0.4, -0.2) is 30.2 Å². The second kappa shape index (κ2) is 6.76. The van der Waals surface area contributed by atoms with Gasteiger partial charge in [-0.3, -0.25) is 10.1 Å². The smallest absolute Gasteiger partial charge is 0.333 e. The summed E-state index contributed by atoms with van der Waals surface area (Å²) < 4.78 is 5.43. The van der Waals surface area contributed by atoms with Crippen LogP contribution in [0, 0.1) is 10.1 Å². The van der Waals surface area contributed by atoms with E-state index in [1.165, 1.54) is 0 Å². The van der Waals surface area contributed by atoms with Gasteiger partial charge < -0.3 is 15.4 Å². The zero-order valence-electron chi connectivity index (χ0n) is 12.6. The van der Waals surface area contributed by atoms with Gasteiger partial charge in [-0.25, -0.2) is 0 Å². The fourth-order valence-electron chi connectivity index (χ4n) is 3.00. The van der Waals surface area contributed by atoms with Crippen LogP contribution in [0.4, 0.5) is 11.4 Å². The van der Waals surface area contributed by atoms with Crippen LogP contribution < -0.4 is 15.4 Å². The molecular formula is C15H23N3O3. The number of rotatable bonds is 5. The topological polar surface area (TPSA) is 81.6 Å².